The summed E-state index contributed by atoms with van der Waals surface area (Å²) >= 11 is 0. The predicted molar refractivity (Wildman–Crippen MR) is 121 cm³/mol. The third-order valence-corrected chi connectivity index (χ3v) is 4.36. The van der Waals surface area contributed by atoms with E-state index in [4.69, 9.17) is 14.3 Å². The molecule has 0 saturated heterocycles. The Kier molecular flexibility index (Phi) is 9.60. The van der Waals surface area contributed by atoms with Crippen molar-refractivity contribution in [1.29, 1.82) is 0 Å². The lowest BCUT2D eigenvalue weighted by atomic mass is 10.1. The van der Waals surface area contributed by atoms with Crippen molar-refractivity contribution in [3.8, 4) is 11.8 Å². The third kappa shape index (κ3) is 9.31. The van der Waals surface area contributed by atoms with Crippen LogP contribution in [0, 0.1) is 0 Å². The van der Waals surface area contributed by atoms with E-state index in [-0.39, 0.29) is 13.0 Å². The van der Waals surface area contributed by atoms with E-state index in [9.17, 15) is 24.6 Å². The van der Waals surface area contributed by atoms with Crippen LogP contribution >= 0.6 is 0 Å². The molecule has 0 bridgehead atoms. The molecule has 34 heavy (non-hydrogen) atoms. The highest BCUT2D eigenvalue weighted by molar-refractivity contribution is 5.81. The van der Waals surface area contributed by atoms with Crippen LogP contribution in [0.2, 0.25) is 0 Å². The number of amides is 2. The Labute approximate surface area is 197 Å². The summed E-state index contributed by atoms with van der Waals surface area (Å²) in [6, 6.07) is 10.4. The Hall–Kier alpha value is -3.89. The average Bonchev–Trinajstić information content (AvgIpc) is 3.08. The van der Waals surface area contributed by atoms with Gasteiger partial charge in [0.05, 0.1) is 0 Å². The number of carbonyl (C=O) groups excluding carboxylic acids is 3. The zero-order valence-corrected chi connectivity index (χ0v) is 19.4. The fourth-order valence-corrected chi connectivity index (χ4v) is 2.79. The number of alkyl carbamates (subject to hydrolysis) is 2. The molecule has 0 aliphatic carbocycles. The fraction of sp³-hybridized carbons (Fsp3) is 0.435. The quantitative estimate of drug-likeness (QED) is 0.382. The van der Waals surface area contributed by atoms with E-state index in [2.05, 4.69) is 10.6 Å². The van der Waals surface area contributed by atoms with E-state index >= 15 is 0 Å². The monoisotopic (exact) mass is 477 g/mol. The topological polar surface area (TPSA) is 148 Å². The molecule has 0 aliphatic heterocycles. The summed E-state index contributed by atoms with van der Waals surface area (Å²) in [6.07, 6.45) is -0.316. The third-order valence-electron chi connectivity index (χ3n) is 4.36. The number of hydrogen-bond acceptors (Lipinski definition) is 8. The molecule has 0 saturated carbocycles. The number of benzene rings is 1. The Morgan fingerprint density at radius 2 is 1.62 bits per heavy atom. The van der Waals surface area contributed by atoms with Gasteiger partial charge in [0, 0.05) is 18.7 Å². The first-order valence-electron chi connectivity index (χ1n) is 10.8. The second kappa shape index (κ2) is 12.4. The Morgan fingerprint density at radius 3 is 2.24 bits per heavy atom. The van der Waals surface area contributed by atoms with Gasteiger partial charge < -0.3 is 35.2 Å². The first-order chi connectivity index (χ1) is 16.0. The number of aromatic hydroxyl groups is 2. The number of unbranched alkanes of at least 4 members (excludes halogenated alkanes) is 1. The number of hydrogen-bond donors (Lipinski definition) is 4. The van der Waals surface area contributed by atoms with Crippen molar-refractivity contribution >= 4 is 18.2 Å². The van der Waals surface area contributed by atoms with Crippen LogP contribution in [0.5, 0.6) is 11.8 Å². The smallest absolute Gasteiger partial charge is 0.408 e. The van der Waals surface area contributed by atoms with E-state index in [0.29, 0.717) is 24.1 Å². The van der Waals surface area contributed by atoms with Crippen LogP contribution in [0.25, 0.3) is 0 Å². The number of nitrogens with zero attached hydrogens (tertiary/aromatic N) is 1. The van der Waals surface area contributed by atoms with Crippen molar-refractivity contribution in [2.24, 2.45) is 0 Å². The minimum Gasteiger partial charge on any atom is -0.492 e. The molecule has 4 N–H and O–H groups in total. The number of ether oxygens (including phenoxy) is 2. The standard InChI is InChI=1S/C23H31N3O8/c1-23(2,3)33-22(31)25-17(20(29)34-26-18(27)12-13-19(26)28)11-7-8-14-24-21(30)32-15-16-9-5-4-6-10-16/h4-6,9-10,12-13,17,27-28H,7-8,11,14-15H2,1-3H3,(H,24,30)(H,25,31)/t17-/m0/s1. The molecular formula is C23H31N3O8. The van der Waals surface area contributed by atoms with Crippen LogP contribution in [0.15, 0.2) is 42.5 Å². The van der Waals surface area contributed by atoms with Crippen LogP contribution in [0.1, 0.15) is 45.6 Å². The molecule has 0 spiro atoms. The maximum absolute atomic E-state index is 12.6. The molecule has 0 aliphatic rings. The first kappa shape index (κ1) is 26.4. The Bertz CT molecular complexity index is 933. The van der Waals surface area contributed by atoms with Gasteiger partial charge in [-0.1, -0.05) is 30.3 Å². The first-order valence-corrected chi connectivity index (χ1v) is 10.8. The molecular weight excluding hydrogens is 446 g/mol. The van der Waals surface area contributed by atoms with Crippen molar-refractivity contribution < 1.29 is 38.9 Å². The molecule has 186 valence electrons. The lowest BCUT2D eigenvalue weighted by molar-refractivity contribution is -0.148. The molecule has 11 heteroatoms. The summed E-state index contributed by atoms with van der Waals surface area (Å²) in [6.45, 7) is 5.48. The van der Waals surface area contributed by atoms with Gasteiger partial charge in [-0.05, 0) is 45.6 Å². The second-order valence-electron chi connectivity index (χ2n) is 8.44. The van der Waals surface area contributed by atoms with Gasteiger partial charge in [-0.25, -0.2) is 14.4 Å². The van der Waals surface area contributed by atoms with Gasteiger partial charge in [0.1, 0.15) is 18.2 Å². The zero-order chi connectivity index (χ0) is 25.1. The summed E-state index contributed by atoms with van der Waals surface area (Å²) in [5.41, 5.74) is 0.0893. The van der Waals surface area contributed by atoms with E-state index in [1.807, 2.05) is 30.3 Å². The number of nitrogens with one attached hydrogen (secondary N) is 2. The van der Waals surface area contributed by atoms with Gasteiger partial charge in [0.15, 0.2) is 0 Å². The highest BCUT2D eigenvalue weighted by atomic mass is 16.7. The number of carbonyl (C=O) groups is 3. The van der Waals surface area contributed by atoms with Crippen molar-refractivity contribution in [3.63, 3.8) is 0 Å². The lowest BCUT2D eigenvalue weighted by Crippen LogP contribution is -2.46. The van der Waals surface area contributed by atoms with Crippen molar-refractivity contribution in [2.45, 2.75) is 58.3 Å². The molecule has 1 atom stereocenters. The van der Waals surface area contributed by atoms with Gasteiger partial charge in [-0.3, -0.25) is 0 Å². The van der Waals surface area contributed by atoms with E-state index in [1.165, 1.54) is 0 Å². The Morgan fingerprint density at radius 1 is 0.971 bits per heavy atom. The fourth-order valence-electron chi connectivity index (χ4n) is 2.79. The molecule has 1 heterocycles. The largest absolute Gasteiger partial charge is 0.492 e. The van der Waals surface area contributed by atoms with Crippen LogP contribution in [0.3, 0.4) is 0 Å². The van der Waals surface area contributed by atoms with Gasteiger partial charge in [-0.15, -0.1) is 4.73 Å². The highest BCUT2D eigenvalue weighted by Gasteiger charge is 2.27. The normalized spacial score (nSPS) is 11.9. The maximum atomic E-state index is 12.6. The van der Waals surface area contributed by atoms with Gasteiger partial charge in [0.25, 0.3) is 0 Å². The highest BCUT2D eigenvalue weighted by Crippen LogP contribution is 2.19. The molecule has 0 radical (unpaired) electrons. The van der Waals surface area contributed by atoms with Gasteiger partial charge in [-0.2, -0.15) is 0 Å². The van der Waals surface area contributed by atoms with Crippen molar-refractivity contribution in [2.75, 3.05) is 6.54 Å². The van der Waals surface area contributed by atoms with Crippen LogP contribution in [-0.2, 0) is 20.9 Å². The van der Waals surface area contributed by atoms with E-state index in [1.54, 1.807) is 20.8 Å². The van der Waals surface area contributed by atoms with Crippen molar-refractivity contribution in [1.82, 2.24) is 15.4 Å². The average molecular weight is 478 g/mol. The minimum absolute atomic E-state index is 0.152. The molecule has 0 unspecified atom stereocenters. The molecule has 2 amide bonds. The lowest BCUT2D eigenvalue weighted by Gasteiger charge is -2.23. The summed E-state index contributed by atoms with van der Waals surface area (Å²) in [5, 5.41) is 24.4. The zero-order valence-electron chi connectivity index (χ0n) is 19.4. The Balaban J connectivity index is 1.82. The molecule has 2 rings (SSSR count). The summed E-state index contributed by atoms with van der Waals surface area (Å²) in [4.78, 5) is 41.5. The molecule has 2 aromatic rings. The molecule has 1 aromatic carbocycles. The summed E-state index contributed by atoms with van der Waals surface area (Å²) in [5.74, 6) is -1.89. The van der Waals surface area contributed by atoms with Crippen molar-refractivity contribution in [3.05, 3.63) is 48.0 Å². The van der Waals surface area contributed by atoms with E-state index < -0.39 is 41.6 Å². The summed E-state index contributed by atoms with van der Waals surface area (Å²) in [7, 11) is 0. The molecule has 11 nitrogen and oxygen atoms in total. The van der Waals surface area contributed by atoms with Gasteiger partial charge in [0.2, 0.25) is 11.8 Å². The summed E-state index contributed by atoms with van der Waals surface area (Å²) < 4.78 is 10.9. The second-order valence-corrected chi connectivity index (χ2v) is 8.44. The van der Waals surface area contributed by atoms with Crippen LogP contribution < -0.4 is 15.5 Å². The number of aromatic nitrogens is 1. The predicted octanol–water partition coefficient (Wildman–Crippen LogP) is 2.84. The number of rotatable bonds is 10. The maximum Gasteiger partial charge on any atom is 0.408 e. The minimum atomic E-state index is -1.12. The van der Waals surface area contributed by atoms with Crippen LogP contribution in [-0.4, -0.2) is 51.3 Å². The van der Waals surface area contributed by atoms with E-state index in [0.717, 1.165) is 17.7 Å². The van der Waals surface area contributed by atoms with Gasteiger partial charge >= 0.3 is 18.2 Å². The SMILES string of the molecule is CC(C)(C)OC(=O)N[C@@H](CCCCNC(=O)OCc1ccccc1)C(=O)On1c(O)ccc1O. The van der Waals surface area contributed by atoms with Crippen LogP contribution in [0.4, 0.5) is 9.59 Å². The molecule has 1 aromatic heterocycles. The molecule has 0 fully saturated rings.